The largest absolute Gasteiger partial charge is 0.397 e. The van der Waals surface area contributed by atoms with Gasteiger partial charge < -0.3 is 16.4 Å². The third-order valence-electron chi connectivity index (χ3n) is 3.08. The lowest BCUT2D eigenvalue weighted by molar-refractivity contribution is 0.102. The lowest BCUT2D eigenvalue weighted by Gasteiger charge is -2.12. The first-order valence-electron chi connectivity index (χ1n) is 8.48. The Morgan fingerprint density at radius 1 is 1.12 bits per heavy atom. The zero-order chi connectivity index (χ0) is 17.8. The van der Waals surface area contributed by atoms with Gasteiger partial charge in [-0.15, -0.1) is 0 Å². The second kappa shape index (κ2) is 11.0. The van der Waals surface area contributed by atoms with Crippen molar-refractivity contribution in [1.29, 1.82) is 0 Å². The molecule has 0 aliphatic carbocycles. The lowest BCUT2D eigenvalue weighted by atomic mass is 10.2. The molecule has 130 valence electrons. The first-order chi connectivity index (χ1) is 11.6. The number of pyridine rings is 1. The van der Waals surface area contributed by atoms with Crippen molar-refractivity contribution >= 4 is 23.1 Å². The van der Waals surface area contributed by atoms with Gasteiger partial charge in [0.05, 0.1) is 16.9 Å². The van der Waals surface area contributed by atoms with E-state index in [0.717, 1.165) is 19.4 Å². The number of unbranched alkanes of at least 4 members (excludes halogenated alkanes) is 1. The van der Waals surface area contributed by atoms with Crippen LogP contribution >= 0.6 is 0 Å². The Hall–Kier alpha value is -2.56. The molecule has 0 aliphatic rings. The van der Waals surface area contributed by atoms with Crippen LogP contribution in [0.4, 0.5) is 17.2 Å². The molecule has 1 aromatic heterocycles. The number of aromatic nitrogens is 1. The molecule has 0 spiro atoms. The fourth-order valence-electron chi connectivity index (χ4n) is 1.91. The average molecular weight is 328 g/mol. The highest BCUT2D eigenvalue weighted by molar-refractivity contribution is 6.08. The number of nitrogens with one attached hydrogen (secondary N) is 2. The van der Waals surface area contributed by atoms with E-state index in [0.29, 0.717) is 22.8 Å². The minimum Gasteiger partial charge on any atom is -0.397 e. The van der Waals surface area contributed by atoms with Crippen molar-refractivity contribution in [1.82, 2.24) is 4.98 Å². The number of para-hydroxylation sites is 2. The molecule has 2 aromatic rings. The van der Waals surface area contributed by atoms with Crippen LogP contribution in [-0.2, 0) is 0 Å². The maximum atomic E-state index is 12.4. The molecule has 1 amide bonds. The van der Waals surface area contributed by atoms with Crippen molar-refractivity contribution in [3.8, 4) is 0 Å². The summed E-state index contributed by atoms with van der Waals surface area (Å²) in [7, 11) is 0. The molecular formula is C19H28N4O. The van der Waals surface area contributed by atoms with Crippen LogP contribution in [0, 0.1) is 0 Å². The fourth-order valence-corrected chi connectivity index (χ4v) is 1.91. The molecule has 5 nitrogen and oxygen atoms in total. The van der Waals surface area contributed by atoms with E-state index in [1.165, 1.54) is 6.42 Å². The Morgan fingerprint density at radius 3 is 2.50 bits per heavy atom. The molecule has 0 saturated carbocycles. The van der Waals surface area contributed by atoms with Crippen LogP contribution in [-0.4, -0.2) is 17.4 Å². The summed E-state index contributed by atoms with van der Waals surface area (Å²) in [5, 5.41) is 6.01. The van der Waals surface area contributed by atoms with Crippen molar-refractivity contribution in [3.05, 3.63) is 48.2 Å². The predicted octanol–water partition coefficient (Wildman–Crippen LogP) is 4.54. The molecule has 0 unspecified atom stereocenters. The van der Waals surface area contributed by atoms with Crippen LogP contribution in [0.2, 0.25) is 0 Å². The Labute approximate surface area is 144 Å². The van der Waals surface area contributed by atoms with Gasteiger partial charge in [0.1, 0.15) is 5.82 Å². The maximum Gasteiger partial charge on any atom is 0.259 e. The molecule has 0 radical (unpaired) electrons. The molecule has 0 aliphatic heterocycles. The number of carbonyl (C=O) groups is 1. The van der Waals surface area contributed by atoms with Crippen LogP contribution < -0.4 is 16.4 Å². The number of rotatable bonds is 6. The summed E-state index contributed by atoms with van der Waals surface area (Å²) < 4.78 is 0. The van der Waals surface area contributed by atoms with E-state index in [1.807, 2.05) is 12.1 Å². The van der Waals surface area contributed by atoms with E-state index in [-0.39, 0.29) is 5.91 Å². The molecular weight excluding hydrogens is 300 g/mol. The second-order valence-electron chi connectivity index (χ2n) is 5.43. The van der Waals surface area contributed by atoms with Gasteiger partial charge in [0.25, 0.3) is 5.91 Å². The molecule has 24 heavy (non-hydrogen) atoms. The van der Waals surface area contributed by atoms with E-state index < -0.39 is 0 Å². The van der Waals surface area contributed by atoms with Gasteiger partial charge in [0, 0.05) is 12.7 Å². The summed E-state index contributed by atoms with van der Waals surface area (Å²) in [5.41, 5.74) is 7.49. The van der Waals surface area contributed by atoms with Gasteiger partial charge >= 0.3 is 0 Å². The number of amides is 1. The summed E-state index contributed by atoms with van der Waals surface area (Å²) in [6.45, 7) is 7.16. The summed E-state index contributed by atoms with van der Waals surface area (Å²) >= 11 is 0. The number of hydrogen-bond donors (Lipinski definition) is 3. The predicted molar refractivity (Wildman–Crippen MR) is 102 cm³/mol. The van der Waals surface area contributed by atoms with Crippen LogP contribution in [0.3, 0.4) is 0 Å². The summed E-state index contributed by atoms with van der Waals surface area (Å²) in [6.07, 6.45) is 5.03. The van der Waals surface area contributed by atoms with E-state index in [4.69, 9.17) is 5.73 Å². The Balaban J connectivity index is 0.000000891. The normalized spacial score (nSPS) is 9.62. The van der Waals surface area contributed by atoms with E-state index in [9.17, 15) is 4.79 Å². The van der Waals surface area contributed by atoms with E-state index in [2.05, 4.69) is 36.4 Å². The highest BCUT2D eigenvalue weighted by Crippen LogP contribution is 2.19. The first-order valence-corrected chi connectivity index (χ1v) is 8.48. The molecule has 5 heteroatoms. The van der Waals surface area contributed by atoms with Gasteiger partial charge in [0.2, 0.25) is 0 Å². The van der Waals surface area contributed by atoms with Gasteiger partial charge in [-0.05, 0) is 30.7 Å². The minimum absolute atomic E-state index is 0.222. The second-order valence-corrected chi connectivity index (χ2v) is 5.43. The highest BCUT2D eigenvalue weighted by Gasteiger charge is 2.13. The van der Waals surface area contributed by atoms with Crippen LogP contribution in [0.15, 0.2) is 42.6 Å². The number of benzene rings is 1. The third kappa shape index (κ3) is 6.28. The number of nitrogens with two attached hydrogens (primary N) is 1. The molecule has 4 N–H and O–H groups in total. The standard InChI is InChI=1S/C16H20N4O.C3H8/c1-2-3-10-18-15-12(7-6-11-19-15)16(21)20-14-9-5-4-8-13(14)17;1-3-2/h4-9,11H,2-3,10,17H2,1H3,(H,18,19)(H,20,21);3H2,1-2H3. The van der Waals surface area contributed by atoms with Crippen molar-refractivity contribution in [2.75, 3.05) is 22.9 Å². The topological polar surface area (TPSA) is 80.0 Å². The number of nitrogens with zero attached hydrogens (tertiary/aromatic N) is 1. The van der Waals surface area contributed by atoms with Crippen LogP contribution in [0.1, 0.15) is 50.4 Å². The molecule has 1 heterocycles. The maximum absolute atomic E-state index is 12.4. The number of anilines is 3. The average Bonchev–Trinajstić information content (AvgIpc) is 2.58. The summed E-state index contributed by atoms with van der Waals surface area (Å²) in [5.74, 6) is 0.373. The zero-order valence-electron chi connectivity index (χ0n) is 14.8. The van der Waals surface area contributed by atoms with E-state index in [1.54, 1.807) is 30.5 Å². The molecule has 0 atom stereocenters. The van der Waals surface area contributed by atoms with Gasteiger partial charge in [-0.25, -0.2) is 4.98 Å². The van der Waals surface area contributed by atoms with Crippen LogP contribution in [0.25, 0.3) is 0 Å². The van der Waals surface area contributed by atoms with Gasteiger partial charge in [0.15, 0.2) is 0 Å². The van der Waals surface area contributed by atoms with Gasteiger partial charge in [-0.1, -0.05) is 45.7 Å². The summed E-state index contributed by atoms with van der Waals surface area (Å²) in [6, 6.07) is 10.7. The number of carbonyl (C=O) groups excluding carboxylic acids is 1. The van der Waals surface area contributed by atoms with Crippen molar-refractivity contribution < 1.29 is 4.79 Å². The van der Waals surface area contributed by atoms with Gasteiger partial charge in [-0.2, -0.15) is 0 Å². The van der Waals surface area contributed by atoms with Crippen molar-refractivity contribution in [3.63, 3.8) is 0 Å². The zero-order valence-corrected chi connectivity index (χ0v) is 14.8. The highest BCUT2D eigenvalue weighted by atomic mass is 16.1. The van der Waals surface area contributed by atoms with E-state index >= 15 is 0 Å². The molecule has 0 saturated heterocycles. The van der Waals surface area contributed by atoms with Gasteiger partial charge in [-0.3, -0.25) is 4.79 Å². The first kappa shape index (κ1) is 19.5. The Kier molecular flexibility index (Phi) is 8.97. The molecule has 0 bridgehead atoms. The smallest absolute Gasteiger partial charge is 0.259 e. The summed E-state index contributed by atoms with van der Waals surface area (Å²) in [4.78, 5) is 16.6. The number of nitrogen functional groups attached to an aromatic ring is 1. The third-order valence-corrected chi connectivity index (χ3v) is 3.08. The van der Waals surface area contributed by atoms with Crippen molar-refractivity contribution in [2.24, 2.45) is 0 Å². The lowest BCUT2D eigenvalue weighted by Crippen LogP contribution is -2.16. The molecule has 1 aromatic carbocycles. The van der Waals surface area contributed by atoms with Crippen molar-refractivity contribution in [2.45, 2.75) is 40.0 Å². The number of hydrogen-bond acceptors (Lipinski definition) is 4. The van der Waals surface area contributed by atoms with Crippen LogP contribution in [0.5, 0.6) is 0 Å². The molecule has 2 rings (SSSR count). The fraction of sp³-hybridized carbons (Fsp3) is 0.368. The monoisotopic (exact) mass is 328 g/mol. The Morgan fingerprint density at radius 2 is 1.83 bits per heavy atom. The SMILES string of the molecule is CCC.CCCCNc1ncccc1C(=O)Nc1ccccc1N. The molecule has 0 fully saturated rings. The quantitative estimate of drug-likeness (QED) is 0.537. The minimum atomic E-state index is -0.222. The Bertz CT molecular complexity index is 628.